The number of nitrogens with zero attached hydrogens (tertiary/aromatic N) is 1. The van der Waals surface area contributed by atoms with Crippen molar-refractivity contribution >= 4 is 27.4 Å². The number of anilines is 2. The molecule has 0 spiro atoms. The molecule has 0 aliphatic rings. The highest BCUT2D eigenvalue weighted by molar-refractivity contribution is 9.10. The molecule has 0 saturated heterocycles. The predicted molar refractivity (Wildman–Crippen MR) is 53.9 cm³/mol. The highest BCUT2D eigenvalue weighted by Gasteiger charge is 1.95. The van der Waals surface area contributed by atoms with Crippen molar-refractivity contribution in [3.05, 3.63) is 41.1 Å². The summed E-state index contributed by atoms with van der Waals surface area (Å²) in [6, 6.07) is 9.60. The van der Waals surface area contributed by atoms with Gasteiger partial charge in [-0.1, -0.05) is 21.1 Å². The van der Waals surface area contributed by atoms with Gasteiger partial charge < -0.3 is 9.84 Å². The highest BCUT2D eigenvalue weighted by atomic mass is 79.9. The van der Waals surface area contributed by atoms with Crippen molar-refractivity contribution in [1.29, 1.82) is 0 Å². The monoisotopic (exact) mass is 238 g/mol. The average molecular weight is 239 g/mol. The van der Waals surface area contributed by atoms with Crippen LogP contribution in [0.4, 0.5) is 11.5 Å². The second kappa shape index (κ2) is 3.62. The molecule has 0 amide bonds. The van der Waals surface area contributed by atoms with Crippen molar-refractivity contribution < 1.29 is 4.52 Å². The Hall–Kier alpha value is -1.29. The van der Waals surface area contributed by atoms with E-state index in [0.29, 0.717) is 5.82 Å². The molecular formula is C9H7BrN2O. The summed E-state index contributed by atoms with van der Waals surface area (Å²) in [5.41, 5.74) is 0.983. The third-order valence-corrected chi connectivity index (χ3v) is 2.08. The van der Waals surface area contributed by atoms with Crippen LogP contribution in [0.3, 0.4) is 0 Å². The summed E-state index contributed by atoms with van der Waals surface area (Å²) in [4.78, 5) is 0. The van der Waals surface area contributed by atoms with Gasteiger partial charge >= 0.3 is 0 Å². The Morgan fingerprint density at radius 2 is 1.92 bits per heavy atom. The Bertz CT molecular complexity index is 369. The highest BCUT2D eigenvalue weighted by Crippen LogP contribution is 2.17. The van der Waals surface area contributed by atoms with Crippen LogP contribution in [0.5, 0.6) is 0 Å². The van der Waals surface area contributed by atoms with Gasteiger partial charge in [-0.3, -0.25) is 0 Å². The van der Waals surface area contributed by atoms with Crippen LogP contribution in [0.15, 0.2) is 45.6 Å². The first-order valence-electron chi connectivity index (χ1n) is 3.77. The minimum atomic E-state index is 0.710. The molecule has 1 heterocycles. The molecule has 1 N–H and O–H groups in total. The first-order chi connectivity index (χ1) is 6.34. The van der Waals surface area contributed by atoms with Crippen LogP contribution in [-0.4, -0.2) is 5.16 Å². The fourth-order valence-corrected chi connectivity index (χ4v) is 1.22. The van der Waals surface area contributed by atoms with Crippen LogP contribution in [0.2, 0.25) is 0 Å². The van der Waals surface area contributed by atoms with Gasteiger partial charge in [-0.05, 0) is 24.3 Å². The van der Waals surface area contributed by atoms with Crippen molar-refractivity contribution in [2.45, 2.75) is 0 Å². The average Bonchev–Trinajstić information content (AvgIpc) is 2.62. The number of rotatable bonds is 2. The molecule has 1 aromatic heterocycles. The molecular weight excluding hydrogens is 232 g/mol. The zero-order valence-electron chi connectivity index (χ0n) is 6.70. The van der Waals surface area contributed by atoms with E-state index in [0.717, 1.165) is 10.2 Å². The summed E-state index contributed by atoms with van der Waals surface area (Å²) in [7, 11) is 0. The summed E-state index contributed by atoms with van der Waals surface area (Å²) in [6.45, 7) is 0. The quantitative estimate of drug-likeness (QED) is 0.874. The van der Waals surface area contributed by atoms with Gasteiger partial charge in [-0.25, -0.2) is 0 Å². The zero-order valence-corrected chi connectivity index (χ0v) is 8.28. The molecule has 0 radical (unpaired) electrons. The van der Waals surface area contributed by atoms with Crippen LogP contribution < -0.4 is 5.32 Å². The third kappa shape index (κ3) is 2.09. The molecule has 0 aliphatic carbocycles. The summed E-state index contributed by atoms with van der Waals surface area (Å²) in [5.74, 6) is 0.710. The third-order valence-electron chi connectivity index (χ3n) is 1.55. The van der Waals surface area contributed by atoms with Gasteiger partial charge in [0.1, 0.15) is 6.26 Å². The van der Waals surface area contributed by atoms with Crippen molar-refractivity contribution in [2.75, 3.05) is 5.32 Å². The number of nitrogens with one attached hydrogen (secondary N) is 1. The summed E-state index contributed by atoms with van der Waals surface area (Å²) >= 11 is 3.36. The standard InChI is InChI=1S/C9H7BrN2O/c10-7-1-3-8(4-2-7)11-9-5-6-13-12-9/h1-6H,(H,11,12). The largest absolute Gasteiger partial charge is 0.363 e. The smallest absolute Gasteiger partial charge is 0.173 e. The van der Waals surface area contributed by atoms with Gasteiger partial charge in [-0.15, -0.1) is 0 Å². The van der Waals surface area contributed by atoms with Crippen molar-refractivity contribution in [2.24, 2.45) is 0 Å². The van der Waals surface area contributed by atoms with Gasteiger partial charge in [0.15, 0.2) is 5.82 Å². The van der Waals surface area contributed by atoms with Gasteiger partial charge in [0, 0.05) is 16.2 Å². The van der Waals surface area contributed by atoms with Crippen LogP contribution >= 0.6 is 15.9 Å². The van der Waals surface area contributed by atoms with Gasteiger partial charge in [-0.2, -0.15) is 0 Å². The molecule has 13 heavy (non-hydrogen) atoms. The number of benzene rings is 1. The Morgan fingerprint density at radius 3 is 2.54 bits per heavy atom. The molecule has 2 aromatic rings. The van der Waals surface area contributed by atoms with E-state index in [1.807, 2.05) is 24.3 Å². The van der Waals surface area contributed by atoms with E-state index < -0.39 is 0 Å². The molecule has 2 rings (SSSR count). The lowest BCUT2D eigenvalue weighted by Gasteiger charge is -2.00. The molecule has 0 saturated carbocycles. The fourth-order valence-electron chi connectivity index (χ4n) is 0.958. The van der Waals surface area contributed by atoms with Crippen molar-refractivity contribution in [3.8, 4) is 0 Å². The maximum Gasteiger partial charge on any atom is 0.173 e. The molecule has 0 unspecified atom stereocenters. The predicted octanol–water partition coefficient (Wildman–Crippen LogP) is 3.18. The number of hydrogen-bond donors (Lipinski definition) is 1. The van der Waals surface area contributed by atoms with Crippen LogP contribution in [0.1, 0.15) is 0 Å². The van der Waals surface area contributed by atoms with Crippen LogP contribution in [0.25, 0.3) is 0 Å². The van der Waals surface area contributed by atoms with Gasteiger partial charge in [0.25, 0.3) is 0 Å². The second-order valence-corrected chi connectivity index (χ2v) is 3.43. The maximum atomic E-state index is 4.69. The Morgan fingerprint density at radius 1 is 1.15 bits per heavy atom. The van der Waals surface area contributed by atoms with E-state index in [4.69, 9.17) is 0 Å². The lowest BCUT2D eigenvalue weighted by Crippen LogP contribution is -1.88. The summed E-state index contributed by atoms with van der Waals surface area (Å²) in [6.07, 6.45) is 1.53. The molecule has 0 atom stereocenters. The zero-order chi connectivity index (χ0) is 9.10. The second-order valence-electron chi connectivity index (χ2n) is 2.52. The van der Waals surface area contributed by atoms with Crippen LogP contribution in [-0.2, 0) is 0 Å². The molecule has 1 aromatic carbocycles. The van der Waals surface area contributed by atoms with E-state index in [1.165, 1.54) is 6.26 Å². The normalized spacial score (nSPS) is 9.92. The Balaban J connectivity index is 2.15. The van der Waals surface area contributed by atoms with Gasteiger partial charge in [0.05, 0.1) is 0 Å². The maximum absolute atomic E-state index is 4.69. The first kappa shape index (κ1) is 8.31. The minimum absolute atomic E-state index is 0.710. The van der Waals surface area contributed by atoms with E-state index in [1.54, 1.807) is 6.07 Å². The SMILES string of the molecule is Brc1ccc(Nc2ccon2)cc1. The van der Waals surface area contributed by atoms with Gasteiger partial charge in [0.2, 0.25) is 0 Å². The van der Waals surface area contributed by atoms with Crippen molar-refractivity contribution in [1.82, 2.24) is 5.16 Å². The topological polar surface area (TPSA) is 38.1 Å². The summed E-state index contributed by atoms with van der Waals surface area (Å²) < 4.78 is 5.74. The first-order valence-corrected chi connectivity index (χ1v) is 4.57. The van der Waals surface area contributed by atoms with E-state index in [9.17, 15) is 0 Å². The number of halogens is 1. The molecule has 4 heteroatoms. The fraction of sp³-hybridized carbons (Fsp3) is 0. The van der Waals surface area contributed by atoms with Crippen LogP contribution in [0, 0.1) is 0 Å². The van der Waals surface area contributed by atoms with E-state index in [-0.39, 0.29) is 0 Å². The molecule has 0 fully saturated rings. The molecule has 3 nitrogen and oxygen atoms in total. The number of hydrogen-bond acceptors (Lipinski definition) is 3. The Kier molecular flexibility index (Phi) is 2.31. The number of aromatic nitrogens is 1. The Labute approximate surface area is 83.9 Å². The lowest BCUT2D eigenvalue weighted by molar-refractivity contribution is 0.423. The summed E-state index contributed by atoms with van der Waals surface area (Å²) in [5, 5.41) is 6.82. The lowest BCUT2D eigenvalue weighted by atomic mass is 10.3. The van der Waals surface area contributed by atoms with E-state index >= 15 is 0 Å². The van der Waals surface area contributed by atoms with E-state index in [2.05, 4.69) is 30.9 Å². The molecule has 66 valence electrons. The van der Waals surface area contributed by atoms with Crippen molar-refractivity contribution in [3.63, 3.8) is 0 Å². The molecule has 0 aliphatic heterocycles. The molecule has 0 bridgehead atoms. The minimum Gasteiger partial charge on any atom is -0.363 e.